The molecule has 2 heterocycles. The van der Waals surface area contributed by atoms with Crippen molar-refractivity contribution in [3.63, 3.8) is 0 Å². The molecular formula is C23H19Cl2F3N6O. The summed E-state index contributed by atoms with van der Waals surface area (Å²) in [6.07, 6.45) is -1.36. The molecule has 35 heavy (non-hydrogen) atoms. The fourth-order valence-electron chi connectivity index (χ4n) is 3.52. The maximum absolute atomic E-state index is 13.2. The summed E-state index contributed by atoms with van der Waals surface area (Å²) < 4.78 is 42.3. The number of anilines is 2. The Hall–Kier alpha value is -3.50. The van der Waals surface area contributed by atoms with Crippen molar-refractivity contribution in [1.82, 2.24) is 19.3 Å². The number of nitrogens with two attached hydrogens (primary N) is 1. The van der Waals surface area contributed by atoms with Gasteiger partial charge in [-0.2, -0.15) is 18.3 Å². The second-order valence-corrected chi connectivity index (χ2v) is 8.43. The number of imidazole rings is 1. The lowest BCUT2D eigenvalue weighted by Gasteiger charge is -2.09. The van der Waals surface area contributed by atoms with Crippen molar-refractivity contribution in [1.29, 1.82) is 0 Å². The Labute approximate surface area is 208 Å². The first-order valence-corrected chi connectivity index (χ1v) is 11.2. The van der Waals surface area contributed by atoms with E-state index in [0.717, 1.165) is 6.20 Å². The number of carbonyl (C=O) groups excluding carboxylic acids is 1. The lowest BCUT2D eigenvalue weighted by Crippen LogP contribution is -2.14. The minimum atomic E-state index is -4.54. The van der Waals surface area contributed by atoms with Gasteiger partial charge in [0.15, 0.2) is 11.4 Å². The van der Waals surface area contributed by atoms with E-state index in [9.17, 15) is 18.0 Å². The van der Waals surface area contributed by atoms with Crippen LogP contribution >= 0.6 is 23.2 Å². The average molecular weight is 523 g/mol. The van der Waals surface area contributed by atoms with Crippen LogP contribution in [0.5, 0.6) is 0 Å². The van der Waals surface area contributed by atoms with Gasteiger partial charge in [-0.25, -0.2) is 9.67 Å². The molecule has 0 unspecified atom stereocenters. The quantitative estimate of drug-likeness (QED) is 0.297. The molecule has 0 fully saturated rings. The highest BCUT2D eigenvalue weighted by atomic mass is 35.5. The third kappa shape index (κ3) is 5.13. The van der Waals surface area contributed by atoms with E-state index in [1.165, 1.54) is 15.4 Å². The topological polar surface area (TPSA) is 90.8 Å². The highest BCUT2D eigenvalue weighted by Crippen LogP contribution is 2.33. The van der Waals surface area contributed by atoms with Crippen LogP contribution in [-0.2, 0) is 12.7 Å². The number of hydrogen-bond acceptors (Lipinski definition) is 4. The lowest BCUT2D eigenvalue weighted by molar-refractivity contribution is -0.140. The Morgan fingerprint density at radius 3 is 2.31 bits per heavy atom. The normalized spacial score (nSPS) is 11.6. The number of primary amides is 1. The van der Waals surface area contributed by atoms with Gasteiger partial charge in [-0.1, -0.05) is 36.2 Å². The molecule has 0 aliphatic rings. The molecule has 1 amide bonds. The molecule has 0 atom stereocenters. The smallest absolute Gasteiger partial charge is 0.364 e. The summed E-state index contributed by atoms with van der Waals surface area (Å²) in [5.41, 5.74) is 6.24. The zero-order chi connectivity index (χ0) is 25.3. The van der Waals surface area contributed by atoms with Crippen LogP contribution in [-0.4, -0.2) is 25.2 Å². The molecule has 12 heteroatoms. The fraction of sp³-hybridized carbons (Fsp3) is 0.174. The van der Waals surface area contributed by atoms with E-state index in [2.05, 4.69) is 15.4 Å². The van der Waals surface area contributed by atoms with Crippen molar-refractivity contribution in [2.75, 3.05) is 5.32 Å². The maximum atomic E-state index is 13.2. The molecule has 3 N–H and O–H groups in total. The number of nitrogens with zero attached hydrogens (tertiary/aromatic N) is 4. The number of amides is 1. The molecule has 0 spiro atoms. The van der Waals surface area contributed by atoms with Gasteiger partial charge < -0.3 is 15.6 Å². The van der Waals surface area contributed by atoms with E-state index >= 15 is 0 Å². The number of nitrogens with one attached hydrogen (secondary N) is 1. The SMILES string of the molecule is CCCn1cc(C(F)(F)F)nc1-c1ccc(Nc2cn(-c3c(Cl)cccc3Cl)nc2C(N)=O)cc1. The number of halogens is 5. The highest BCUT2D eigenvalue weighted by Gasteiger charge is 2.34. The van der Waals surface area contributed by atoms with Gasteiger partial charge in [-0.15, -0.1) is 0 Å². The van der Waals surface area contributed by atoms with Gasteiger partial charge >= 0.3 is 6.18 Å². The molecule has 0 aliphatic carbocycles. The molecule has 7 nitrogen and oxygen atoms in total. The van der Waals surface area contributed by atoms with Crippen LogP contribution in [0, 0.1) is 0 Å². The van der Waals surface area contributed by atoms with Gasteiger partial charge in [0.1, 0.15) is 11.5 Å². The molecule has 4 rings (SSSR count). The van der Waals surface area contributed by atoms with Crippen molar-refractivity contribution in [3.8, 4) is 17.1 Å². The van der Waals surface area contributed by atoms with Gasteiger partial charge in [-0.3, -0.25) is 4.79 Å². The Kier molecular flexibility index (Phi) is 6.77. The first kappa shape index (κ1) is 24.6. The average Bonchev–Trinajstić information content (AvgIpc) is 3.39. The fourth-order valence-corrected chi connectivity index (χ4v) is 4.09. The van der Waals surface area contributed by atoms with Crippen molar-refractivity contribution in [3.05, 3.63) is 76.3 Å². The van der Waals surface area contributed by atoms with Crippen LogP contribution in [0.2, 0.25) is 10.0 Å². The molecule has 0 bridgehead atoms. The van der Waals surface area contributed by atoms with Gasteiger partial charge in [0, 0.05) is 24.0 Å². The van der Waals surface area contributed by atoms with Crippen molar-refractivity contribution in [2.24, 2.45) is 5.73 Å². The number of para-hydroxylation sites is 1. The van der Waals surface area contributed by atoms with E-state index in [1.54, 1.807) is 42.5 Å². The molecule has 182 valence electrons. The van der Waals surface area contributed by atoms with E-state index in [-0.39, 0.29) is 11.5 Å². The third-order valence-corrected chi connectivity index (χ3v) is 5.68. The molecule has 0 aliphatic heterocycles. The lowest BCUT2D eigenvalue weighted by atomic mass is 10.2. The Bertz CT molecular complexity index is 1360. The number of alkyl halides is 3. The predicted octanol–water partition coefficient (Wildman–Crippen LogP) is 6.31. The van der Waals surface area contributed by atoms with E-state index in [1.807, 2.05) is 6.92 Å². The van der Waals surface area contributed by atoms with Gasteiger partial charge in [0.05, 0.1) is 21.9 Å². The highest BCUT2D eigenvalue weighted by molar-refractivity contribution is 6.37. The molecular weight excluding hydrogens is 504 g/mol. The van der Waals surface area contributed by atoms with E-state index < -0.39 is 17.8 Å². The van der Waals surface area contributed by atoms with E-state index in [4.69, 9.17) is 28.9 Å². The van der Waals surface area contributed by atoms with Crippen LogP contribution in [0.3, 0.4) is 0 Å². The number of benzene rings is 2. The minimum Gasteiger partial charge on any atom is -0.364 e. The second kappa shape index (κ2) is 9.63. The van der Waals surface area contributed by atoms with Crippen molar-refractivity contribution >= 4 is 40.5 Å². The van der Waals surface area contributed by atoms with Crippen LogP contribution < -0.4 is 11.1 Å². The van der Waals surface area contributed by atoms with E-state index in [0.29, 0.717) is 45.6 Å². The van der Waals surface area contributed by atoms with Gasteiger partial charge in [-0.05, 0) is 42.8 Å². The molecule has 0 saturated heterocycles. The third-order valence-electron chi connectivity index (χ3n) is 5.07. The molecule has 2 aromatic carbocycles. The molecule has 0 radical (unpaired) electrons. The van der Waals surface area contributed by atoms with Crippen LogP contribution in [0.15, 0.2) is 54.9 Å². The first-order valence-electron chi connectivity index (χ1n) is 10.4. The standard InChI is InChI=1S/C23H19Cl2F3N6O/c1-2-10-33-12-18(23(26,27)28)31-22(33)13-6-8-14(9-7-13)30-17-11-34(32-19(17)21(29)35)20-15(24)4-3-5-16(20)25/h3-9,11-12,30H,2,10H2,1H3,(H2,29,35). The molecule has 2 aromatic heterocycles. The summed E-state index contributed by atoms with van der Waals surface area (Å²) in [6.45, 7) is 2.26. The predicted molar refractivity (Wildman–Crippen MR) is 128 cm³/mol. The second-order valence-electron chi connectivity index (χ2n) is 7.61. The number of aryl methyl sites for hydroxylation is 1. The van der Waals surface area contributed by atoms with Gasteiger partial charge in [0.25, 0.3) is 5.91 Å². The number of carbonyl (C=O) groups is 1. The summed E-state index contributed by atoms with van der Waals surface area (Å²) in [7, 11) is 0. The first-order chi connectivity index (χ1) is 16.6. The molecule has 0 saturated carbocycles. The van der Waals surface area contributed by atoms with Crippen molar-refractivity contribution in [2.45, 2.75) is 26.1 Å². The van der Waals surface area contributed by atoms with Gasteiger partial charge in [0.2, 0.25) is 0 Å². The monoisotopic (exact) mass is 522 g/mol. The summed E-state index contributed by atoms with van der Waals surface area (Å²) >= 11 is 12.5. The maximum Gasteiger partial charge on any atom is 0.434 e. The largest absolute Gasteiger partial charge is 0.434 e. The minimum absolute atomic E-state index is 0.0432. The Morgan fingerprint density at radius 2 is 1.74 bits per heavy atom. The molecule has 4 aromatic rings. The number of hydrogen-bond donors (Lipinski definition) is 2. The summed E-state index contributed by atoms with van der Waals surface area (Å²) in [5, 5.41) is 7.92. The van der Waals surface area contributed by atoms with Crippen LogP contribution in [0.25, 0.3) is 17.1 Å². The summed E-state index contributed by atoms with van der Waals surface area (Å²) in [6, 6.07) is 11.5. The zero-order valence-corrected chi connectivity index (χ0v) is 19.8. The summed E-state index contributed by atoms with van der Waals surface area (Å²) in [5.74, 6) is -0.558. The summed E-state index contributed by atoms with van der Waals surface area (Å²) in [4.78, 5) is 15.8. The zero-order valence-electron chi connectivity index (χ0n) is 18.3. The Balaban J connectivity index is 1.65. The number of aromatic nitrogens is 4. The Morgan fingerprint density at radius 1 is 1.09 bits per heavy atom. The number of rotatable bonds is 7. The van der Waals surface area contributed by atoms with Crippen molar-refractivity contribution < 1.29 is 18.0 Å². The van der Waals surface area contributed by atoms with Crippen LogP contribution in [0.1, 0.15) is 29.5 Å². The van der Waals surface area contributed by atoms with Crippen LogP contribution in [0.4, 0.5) is 24.5 Å².